The summed E-state index contributed by atoms with van der Waals surface area (Å²) in [6.45, 7) is 10.6. The zero-order valence-corrected chi connectivity index (χ0v) is 16.8. The van der Waals surface area contributed by atoms with E-state index < -0.39 is 10.9 Å². The number of nitrogens with one attached hydrogen (secondary N) is 2. The topological polar surface area (TPSA) is 103 Å². The SMILES string of the molecule is CC(C)Nc1c(NCCOCCOCCOCCC(=O)C(C)C)c(=O)c1=O. The van der Waals surface area contributed by atoms with E-state index in [1.807, 2.05) is 27.7 Å². The first-order valence-corrected chi connectivity index (χ1v) is 9.44. The average Bonchev–Trinajstić information content (AvgIpc) is 2.63. The van der Waals surface area contributed by atoms with Crippen LogP contribution in [0.4, 0.5) is 11.4 Å². The molecule has 0 aliphatic rings. The third kappa shape index (κ3) is 8.64. The van der Waals surface area contributed by atoms with Gasteiger partial charge in [0.15, 0.2) is 0 Å². The van der Waals surface area contributed by atoms with Gasteiger partial charge in [-0.2, -0.15) is 0 Å². The second-order valence-corrected chi connectivity index (χ2v) is 6.84. The smallest absolute Gasteiger partial charge is 0.253 e. The zero-order valence-electron chi connectivity index (χ0n) is 16.8. The maximum atomic E-state index is 11.5. The first-order chi connectivity index (χ1) is 12.8. The van der Waals surface area contributed by atoms with E-state index in [-0.39, 0.29) is 17.7 Å². The van der Waals surface area contributed by atoms with Gasteiger partial charge in [0.2, 0.25) is 0 Å². The Hall–Kier alpha value is -1.77. The number of ether oxygens (including phenoxy) is 3. The van der Waals surface area contributed by atoms with Crippen molar-refractivity contribution in [3.8, 4) is 0 Å². The van der Waals surface area contributed by atoms with Crippen LogP contribution in [0, 0.1) is 5.92 Å². The Morgan fingerprint density at radius 2 is 1.33 bits per heavy atom. The number of ketones is 1. The van der Waals surface area contributed by atoms with Crippen LogP contribution < -0.4 is 21.5 Å². The molecule has 0 fully saturated rings. The second-order valence-electron chi connectivity index (χ2n) is 6.84. The van der Waals surface area contributed by atoms with Crippen LogP contribution in [0.3, 0.4) is 0 Å². The van der Waals surface area contributed by atoms with Crippen LogP contribution in [0.2, 0.25) is 0 Å². The number of anilines is 2. The summed E-state index contributed by atoms with van der Waals surface area (Å²) in [5.74, 6) is 0.252. The molecular weight excluding hydrogens is 352 g/mol. The van der Waals surface area contributed by atoms with Gasteiger partial charge in [-0.3, -0.25) is 14.4 Å². The van der Waals surface area contributed by atoms with Crippen LogP contribution in [0.25, 0.3) is 0 Å². The number of rotatable bonds is 16. The molecular formula is C19H32N2O6. The maximum Gasteiger partial charge on any atom is 0.253 e. The van der Waals surface area contributed by atoms with E-state index >= 15 is 0 Å². The van der Waals surface area contributed by atoms with Crippen LogP contribution in [-0.4, -0.2) is 58.0 Å². The lowest BCUT2D eigenvalue weighted by Crippen LogP contribution is -2.39. The number of hydrogen-bond donors (Lipinski definition) is 2. The second kappa shape index (κ2) is 12.6. The Morgan fingerprint density at radius 1 is 0.815 bits per heavy atom. The van der Waals surface area contributed by atoms with E-state index in [2.05, 4.69) is 10.6 Å². The van der Waals surface area contributed by atoms with Crippen molar-refractivity contribution < 1.29 is 19.0 Å². The van der Waals surface area contributed by atoms with E-state index in [0.717, 1.165) is 0 Å². The molecule has 0 aromatic heterocycles. The van der Waals surface area contributed by atoms with Gasteiger partial charge in [0.25, 0.3) is 10.9 Å². The third-order valence-electron chi connectivity index (χ3n) is 3.77. The first-order valence-electron chi connectivity index (χ1n) is 9.44. The molecule has 8 heteroatoms. The quantitative estimate of drug-likeness (QED) is 0.324. The maximum absolute atomic E-state index is 11.5. The summed E-state index contributed by atoms with van der Waals surface area (Å²) < 4.78 is 16.1. The van der Waals surface area contributed by atoms with Crippen molar-refractivity contribution in [1.82, 2.24) is 0 Å². The van der Waals surface area contributed by atoms with Crippen LogP contribution >= 0.6 is 0 Å². The Balaban J connectivity index is 1.97. The number of Topliss-reactive ketones (excluding diaryl/α,β-unsaturated/α-hetero) is 1. The van der Waals surface area contributed by atoms with Gasteiger partial charge in [0, 0.05) is 24.9 Å². The Morgan fingerprint density at radius 3 is 1.89 bits per heavy atom. The fraction of sp³-hybridized carbons (Fsp3) is 0.737. The molecule has 0 aliphatic carbocycles. The normalized spacial score (nSPS) is 11.5. The summed E-state index contributed by atoms with van der Waals surface area (Å²) in [5.41, 5.74) is -0.275. The fourth-order valence-electron chi connectivity index (χ4n) is 2.24. The van der Waals surface area contributed by atoms with Gasteiger partial charge in [-0.25, -0.2) is 0 Å². The minimum absolute atomic E-state index is 0.0498. The van der Waals surface area contributed by atoms with Crippen LogP contribution in [0.5, 0.6) is 0 Å². The highest BCUT2D eigenvalue weighted by Crippen LogP contribution is 2.14. The van der Waals surface area contributed by atoms with Gasteiger partial charge in [-0.1, -0.05) is 13.8 Å². The fourth-order valence-corrected chi connectivity index (χ4v) is 2.24. The molecule has 0 aliphatic heterocycles. The molecule has 0 spiro atoms. The van der Waals surface area contributed by atoms with Gasteiger partial charge in [-0.05, 0) is 13.8 Å². The van der Waals surface area contributed by atoms with Crippen LogP contribution in [0.1, 0.15) is 34.1 Å². The van der Waals surface area contributed by atoms with E-state index in [9.17, 15) is 14.4 Å². The highest BCUT2D eigenvalue weighted by Gasteiger charge is 2.20. The molecule has 0 unspecified atom stereocenters. The van der Waals surface area contributed by atoms with Crippen molar-refractivity contribution in [2.24, 2.45) is 5.92 Å². The van der Waals surface area contributed by atoms with Crippen LogP contribution in [0.15, 0.2) is 9.59 Å². The predicted octanol–water partition coefficient (Wildman–Crippen LogP) is 1.18. The van der Waals surface area contributed by atoms with Gasteiger partial charge >= 0.3 is 0 Å². The van der Waals surface area contributed by atoms with Crippen molar-refractivity contribution in [2.75, 3.05) is 56.8 Å². The molecule has 1 aromatic rings. The van der Waals surface area contributed by atoms with Gasteiger partial charge < -0.3 is 24.8 Å². The van der Waals surface area contributed by atoms with Crippen molar-refractivity contribution in [2.45, 2.75) is 40.2 Å². The molecule has 27 heavy (non-hydrogen) atoms. The molecule has 1 aromatic carbocycles. The van der Waals surface area contributed by atoms with Crippen molar-refractivity contribution in [1.29, 1.82) is 0 Å². The van der Waals surface area contributed by atoms with Gasteiger partial charge in [0.05, 0.1) is 39.6 Å². The van der Waals surface area contributed by atoms with Crippen molar-refractivity contribution >= 4 is 17.2 Å². The lowest BCUT2D eigenvalue weighted by Gasteiger charge is -2.16. The summed E-state index contributed by atoms with van der Waals surface area (Å²) in [6, 6.07) is 0.0851. The van der Waals surface area contributed by atoms with E-state index in [4.69, 9.17) is 14.2 Å². The molecule has 0 radical (unpaired) electrons. The minimum Gasteiger partial charge on any atom is -0.379 e. The predicted molar refractivity (Wildman–Crippen MR) is 106 cm³/mol. The highest BCUT2D eigenvalue weighted by atomic mass is 16.5. The summed E-state index contributed by atoms with van der Waals surface area (Å²) in [6.07, 6.45) is 0.437. The molecule has 0 heterocycles. The third-order valence-corrected chi connectivity index (χ3v) is 3.77. The highest BCUT2D eigenvalue weighted by molar-refractivity contribution is 5.80. The zero-order chi connectivity index (χ0) is 20.2. The number of hydrogen-bond acceptors (Lipinski definition) is 8. The Kier molecular flexibility index (Phi) is 10.8. The summed E-state index contributed by atoms with van der Waals surface area (Å²) in [5, 5.41) is 5.90. The van der Waals surface area contributed by atoms with Gasteiger partial charge in [0.1, 0.15) is 17.2 Å². The standard InChI is InChI=1S/C19H32N2O6/c1-13(2)15(22)5-7-25-9-11-27-12-10-26-8-6-20-16-17(21-14(3)4)19(24)18(16)23/h13-14,20-21H,5-12H2,1-4H3. The summed E-state index contributed by atoms with van der Waals surface area (Å²) in [4.78, 5) is 34.4. The summed E-state index contributed by atoms with van der Waals surface area (Å²) >= 11 is 0. The lowest BCUT2D eigenvalue weighted by molar-refractivity contribution is -0.123. The molecule has 2 N–H and O–H groups in total. The Labute approximate surface area is 160 Å². The minimum atomic E-state index is -0.489. The molecule has 154 valence electrons. The van der Waals surface area contributed by atoms with Crippen molar-refractivity contribution in [3.63, 3.8) is 0 Å². The van der Waals surface area contributed by atoms with E-state index in [1.54, 1.807) is 0 Å². The molecule has 0 bridgehead atoms. The summed E-state index contributed by atoms with van der Waals surface area (Å²) in [7, 11) is 0. The molecule has 0 saturated heterocycles. The average molecular weight is 384 g/mol. The molecule has 0 amide bonds. The monoisotopic (exact) mass is 384 g/mol. The largest absolute Gasteiger partial charge is 0.379 e. The van der Waals surface area contributed by atoms with E-state index in [0.29, 0.717) is 64.0 Å². The number of carbonyl (C=O) groups is 1. The molecule has 0 saturated carbocycles. The van der Waals surface area contributed by atoms with Crippen molar-refractivity contribution in [3.05, 3.63) is 20.4 Å². The van der Waals surface area contributed by atoms with E-state index in [1.165, 1.54) is 0 Å². The molecule has 1 rings (SSSR count). The Bertz CT molecular complexity index is 634. The molecule has 8 nitrogen and oxygen atoms in total. The van der Waals surface area contributed by atoms with Crippen LogP contribution in [-0.2, 0) is 19.0 Å². The lowest BCUT2D eigenvalue weighted by atomic mass is 10.1. The molecule has 0 atom stereocenters. The van der Waals surface area contributed by atoms with Gasteiger partial charge in [-0.15, -0.1) is 0 Å². The first kappa shape index (κ1) is 23.3. The number of carbonyl (C=O) groups excluding carboxylic acids is 1.